The molecule has 1 aromatic heterocycles. The molecule has 0 atom stereocenters. The van der Waals surface area contributed by atoms with Crippen LogP contribution in [-0.2, 0) is 0 Å². The number of carbonyl (C=O) groups excluding carboxylic acids is 1. The van der Waals surface area contributed by atoms with E-state index in [0.29, 0.717) is 22.6 Å². The number of hydrogen-bond donors (Lipinski definition) is 2. The lowest BCUT2D eigenvalue weighted by Crippen LogP contribution is -2.17. The van der Waals surface area contributed by atoms with Crippen molar-refractivity contribution in [3.8, 4) is 11.3 Å². The third kappa shape index (κ3) is 4.11. The minimum Gasteiger partial charge on any atom is -0.733 e. The van der Waals surface area contributed by atoms with Crippen LogP contribution >= 0.6 is 0 Å². The Hall–Kier alpha value is -3.42. The molecule has 0 aliphatic carbocycles. The molecule has 0 saturated heterocycles. The molecule has 0 aliphatic rings. The fourth-order valence-electron chi connectivity index (χ4n) is 2.16. The van der Waals surface area contributed by atoms with Gasteiger partial charge in [-0.15, -0.1) is 0 Å². The predicted octanol–water partition coefficient (Wildman–Crippen LogP) is 3.40. The SMILES string of the molecule is O=C(NN=Cc1ccc(-c2cccc(N([O-])O)c2)o1)c1ccccc1. The van der Waals surface area contributed by atoms with Crippen molar-refractivity contribution in [3.05, 3.63) is 83.3 Å². The number of rotatable bonds is 5. The van der Waals surface area contributed by atoms with Crippen molar-refractivity contribution in [1.82, 2.24) is 5.43 Å². The van der Waals surface area contributed by atoms with Crippen LogP contribution in [0.4, 0.5) is 5.69 Å². The zero-order valence-corrected chi connectivity index (χ0v) is 13.0. The van der Waals surface area contributed by atoms with Crippen molar-refractivity contribution in [3.63, 3.8) is 0 Å². The smallest absolute Gasteiger partial charge is 0.271 e. The van der Waals surface area contributed by atoms with Gasteiger partial charge in [0.2, 0.25) is 0 Å². The largest absolute Gasteiger partial charge is 0.733 e. The lowest BCUT2D eigenvalue weighted by atomic mass is 10.1. The van der Waals surface area contributed by atoms with E-state index in [9.17, 15) is 10.0 Å². The van der Waals surface area contributed by atoms with Crippen molar-refractivity contribution in [2.75, 3.05) is 5.23 Å². The molecule has 0 bridgehead atoms. The minimum atomic E-state index is -0.324. The van der Waals surface area contributed by atoms with Crippen LogP contribution in [0.1, 0.15) is 16.1 Å². The molecule has 2 aromatic carbocycles. The van der Waals surface area contributed by atoms with Crippen LogP contribution in [0.25, 0.3) is 11.3 Å². The summed E-state index contributed by atoms with van der Waals surface area (Å²) in [4.78, 5) is 11.8. The highest BCUT2D eigenvalue weighted by Crippen LogP contribution is 2.25. The highest BCUT2D eigenvalue weighted by Gasteiger charge is 2.06. The van der Waals surface area contributed by atoms with Gasteiger partial charge in [-0.25, -0.2) is 5.43 Å². The van der Waals surface area contributed by atoms with Gasteiger partial charge in [0.25, 0.3) is 5.91 Å². The summed E-state index contributed by atoms with van der Waals surface area (Å²) in [6, 6.07) is 18.4. The third-order valence-corrected chi connectivity index (χ3v) is 3.37. The van der Waals surface area contributed by atoms with Gasteiger partial charge in [-0.1, -0.05) is 30.3 Å². The van der Waals surface area contributed by atoms with Gasteiger partial charge in [0, 0.05) is 11.1 Å². The van der Waals surface area contributed by atoms with Gasteiger partial charge in [0.1, 0.15) is 11.5 Å². The van der Waals surface area contributed by atoms with Crippen LogP contribution in [0.15, 0.2) is 76.2 Å². The summed E-state index contributed by atoms with van der Waals surface area (Å²) >= 11 is 0. The topological polar surface area (TPSA) is 101 Å². The monoisotopic (exact) mass is 336 g/mol. The Morgan fingerprint density at radius 1 is 1.12 bits per heavy atom. The minimum absolute atomic E-state index is 0.0965. The number of nitrogens with zero attached hydrogens (tertiary/aromatic N) is 2. The van der Waals surface area contributed by atoms with Crippen LogP contribution in [-0.4, -0.2) is 17.3 Å². The van der Waals surface area contributed by atoms with Crippen LogP contribution in [0, 0.1) is 5.21 Å². The molecule has 126 valence electrons. The van der Waals surface area contributed by atoms with Crippen molar-refractivity contribution >= 4 is 17.8 Å². The molecule has 3 rings (SSSR count). The number of nitrogens with one attached hydrogen (secondary N) is 1. The maximum Gasteiger partial charge on any atom is 0.271 e. The summed E-state index contributed by atoms with van der Waals surface area (Å²) in [5.41, 5.74) is 3.63. The maximum atomic E-state index is 11.8. The number of carbonyl (C=O) groups is 1. The molecular weight excluding hydrogens is 322 g/mol. The van der Waals surface area contributed by atoms with Gasteiger partial charge in [-0.2, -0.15) is 5.10 Å². The Morgan fingerprint density at radius 3 is 2.68 bits per heavy atom. The molecule has 0 radical (unpaired) electrons. The van der Waals surface area contributed by atoms with Crippen molar-refractivity contribution in [2.24, 2.45) is 5.10 Å². The highest BCUT2D eigenvalue weighted by molar-refractivity contribution is 5.94. The summed E-state index contributed by atoms with van der Waals surface area (Å²) in [6.07, 6.45) is 1.38. The highest BCUT2D eigenvalue weighted by atomic mass is 16.8. The summed E-state index contributed by atoms with van der Waals surface area (Å²) in [5, 5.41) is 23.5. The van der Waals surface area contributed by atoms with Crippen molar-refractivity contribution in [1.29, 1.82) is 0 Å². The predicted molar refractivity (Wildman–Crippen MR) is 93.3 cm³/mol. The van der Waals surface area contributed by atoms with Crippen LogP contribution in [0.2, 0.25) is 0 Å². The number of furan rings is 1. The van der Waals surface area contributed by atoms with E-state index in [1.807, 2.05) is 6.07 Å². The molecule has 0 aliphatic heterocycles. The summed E-state index contributed by atoms with van der Waals surface area (Å²) in [5.74, 6) is 0.603. The van der Waals surface area contributed by atoms with E-state index in [-0.39, 0.29) is 16.8 Å². The lowest BCUT2D eigenvalue weighted by Gasteiger charge is -2.21. The number of amides is 1. The molecular formula is C18H14N3O4-. The molecule has 2 N–H and O–H groups in total. The number of hydrogen-bond acceptors (Lipinski definition) is 6. The second-order valence-electron chi connectivity index (χ2n) is 5.09. The molecule has 0 saturated carbocycles. The Labute approximate surface area is 143 Å². The number of benzene rings is 2. The van der Waals surface area contributed by atoms with Crippen LogP contribution in [0.3, 0.4) is 0 Å². The quantitative estimate of drug-likeness (QED) is 0.549. The fourth-order valence-corrected chi connectivity index (χ4v) is 2.16. The van der Waals surface area contributed by atoms with Crippen molar-refractivity contribution in [2.45, 2.75) is 0 Å². The second kappa shape index (κ2) is 7.43. The Kier molecular flexibility index (Phi) is 4.89. The van der Waals surface area contributed by atoms with E-state index in [2.05, 4.69) is 10.5 Å². The normalized spacial score (nSPS) is 10.8. The summed E-state index contributed by atoms with van der Waals surface area (Å²) < 4.78 is 5.59. The van der Waals surface area contributed by atoms with Gasteiger partial charge in [0.15, 0.2) is 0 Å². The van der Waals surface area contributed by atoms with E-state index >= 15 is 0 Å². The molecule has 0 unspecified atom stereocenters. The molecule has 7 nitrogen and oxygen atoms in total. The lowest BCUT2D eigenvalue weighted by molar-refractivity contribution is 0.0955. The van der Waals surface area contributed by atoms with Gasteiger partial charge in [0.05, 0.1) is 11.9 Å². The zero-order chi connectivity index (χ0) is 17.6. The van der Waals surface area contributed by atoms with E-state index in [1.54, 1.807) is 48.5 Å². The maximum absolute atomic E-state index is 11.8. The average molecular weight is 336 g/mol. The zero-order valence-electron chi connectivity index (χ0n) is 13.0. The first-order valence-corrected chi connectivity index (χ1v) is 7.38. The summed E-state index contributed by atoms with van der Waals surface area (Å²) in [6.45, 7) is 0. The van der Waals surface area contributed by atoms with Crippen LogP contribution < -0.4 is 10.7 Å². The van der Waals surface area contributed by atoms with Gasteiger partial charge in [-0.3, -0.25) is 10.0 Å². The average Bonchev–Trinajstić information content (AvgIpc) is 3.11. The molecule has 25 heavy (non-hydrogen) atoms. The Balaban J connectivity index is 1.67. The Bertz CT molecular complexity index is 888. The molecule has 7 heteroatoms. The number of anilines is 1. The third-order valence-electron chi connectivity index (χ3n) is 3.37. The first-order chi connectivity index (χ1) is 12.1. The van der Waals surface area contributed by atoms with Gasteiger partial charge < -0.3 is 14.9 Å². The molecule has 3 aromatic rings. The molecule has 1 amide bonds. The van der Waals surface area contributed by atoms with E-state index in [1.165, 1.54) is 18.3 Å². The first kappa shape index (κ1) is 16.4. The molecule has 1 heterocycles. The van der Waals surface area contributed by atoms with Crippen LogP contribution in [0.5, 0.6) is 0 Å². The standard InChI is InChI=1S/C18H14N3O4/c22-18(13-5-2-1-3-6-13)20-19-12-16-9-10-17(25-16)14-7-4-8-15(11-14)21(23)24/h1-12,23H,(H,20,22)/q-1. The van der Waals surface area contributed by atoms with Gasteiger partial charge in [-0.05, 0) is 36.4 Å². The molecule has 0 fully saturated rings. The number of hydrazone groups is 1. The first-order valence-electron chi connectivity index (χ1n) is 7.38. The van der Waals surface area contributed by atoms with E-state index in [0.717, 1.165) is 0 Å². The fraction of sp³-hybridized carbons (Fsp3) is 0. The molecule has 0 spiro atoms. The Morgan fingerprint density at radius 2 is 1.92 bits per heavy atom. The second-order valence-corrected chi connectivity index (χ2v) is 5.09. The van der Waals surface area contributed by atoms with Gasteiger partial charge >= 0.3 is 0 Å². The van der Waals surface area contributed by atoms with Crippen molar-refractivity contribution < 1.29 is 14.4 Å². The summed E-state index contributed by atoms with van der Waals surface area (Å²) in [7, 11) is 0. The van der Waals surface area contributed by atoms with E-state index < -0.39 is 0 Å². The van der Waals surface area contributed by atoms with E-state index in [4.69, 9.17) is 9.62 Å².